The summed E-state index contributed by atoms with van der Waals surface area (Å²) < 4.78 is 75.3. The van der Waals surface area contributed by atoms with E-state index in [4.69, 9.17) is 9.25 Å². The van der Waals surface area contributed by atoms with Gasteiger partial charge in [0.25, 0.3) is 32.1 Å². The Balaban J connectivity index is 1.26. The van der Waals surface area contributed by atoms with Crippen molar-refractivity contribution in [1.82, 2.24) is 10.0 Å². The van der Waals surface area contributed by atoms with Gasteiger partial charge in [0.1, 0.15) is 17.0 Å². The topological polar surface area (TPSA) is 202 Å². The molecule has 2 amide bonds. The van der Waals surface area contributed by atoms with Crippen molar-refractivity contribution in [3.05, 3.63) is 60.8 Å². The molecule has 3 heterocycles. The number of benzene rings is 3. The molecule has 1 aliphatic rings. The number of para-hydroxylation sites is 1. The number of imide groups is 1. The van der Waals surface area contributed by atoms with Gasteiger partial charge in [-0.25, -0.2) is 9.78 Å². The third kappa shape index (κ3) is 6.06. The number of nitrogens with zero attached hydrogens (tertiary/aromatic N) is 3. The Labute approximate surface area is 261 Å². The van der Waals surface area contributed by atoms with E-state index in [0.29, 0.717) is 41.8 Å². The molecule has 16 heteroatoms. The van der Waals surface area contributed by atoms with Crippen LogP contribution >= 0.6 is 0 Å². The number of fused-ring (bicyclic) bond motifs is 4. The summed E-state index contributed by atoms with van der Waals surface area (Å²) >= 11 is 0. The predicted octanol–water partition coefficient (Wildman–Crippen LogP) is 3.75. The zero-order valence-electron chi connectivity index (χ0n) is 24.0. The van der Waals surface area contributed by atoms with E-state index >= 15 is 0 Å². The number of aryl methyl sites for hydroxylation is 1. The first-order valence-corrected chi connectivity index (χ1v) is 17.0. The average molecular weight is 669 g/mol. The summed E-state index contributed by atoms with van der Waals surface area (Å²) in [5, 5.41) is 1.69. The highest BCUT2D eigenvalue weighted by Crippen LogP contribution is 2.37. The van der Waals surface area contributed by atoms with Crippen molar-refractivity contribution >= 4 is 70.8 Å². The lowest BCUT2D eigenvalue weighted by atomic mass is 10.1. The van der Waals surface area contributed by atoms with Crippen molar-refractivity contribution in [3.63, 3.8) is 0 Å². The van der Waals surface area contributed by atoms with Crippen LogP contribution in [0, 0.1) is 0 Å². The van der Waals surface area contributed by atoms with Crippen LogP contribution in [0.25, 0.3) is 44.2 Å². The zero-order valence-corrected chi connectivity index (χ0v) is 25.6. The van der Waals surface area contributed by atoms with Gasteiger partial charge in [-0.05, 0) is 42.5 Å². The van der Waals surface area contributed by atoms with E-state index in [1.165, 1.54) is 6.07 Å². The molecule has 0 radical (unpaired) electrons. The van der Waals surface area contributed by atoms with Gasteiger partial charge in [-0.1, -0.05) is 18.2 Å². The van der Waals surface area contributed by atoms with Crippen LogP contribution in [-0.2, 0) is 46.0 Å². The minimum absolute atomic E-state index is 0.0332. The van der Waals surface area contributed by atoms with Crippen LogP contribution in [-0.4, -0.2) is 53.8 Å². The maximum atomic E-state index is 12.3. The number of unbranched alkanes of at least 4 members (excludes halogenated alkanes) is 2. The van der Waals surface area contributed by atoms with E-state index in [2.05, 4.69) is 4.98 Å². The maximum Gasteiger partial charge on any atom is 0.333 e. The molecule has 46 heavy (non-hydrogen) atoms. The van der Waals surface area contributed by atoms with Gasteiger partial charge >= 0.3 is 5.97 Å². The number of hydrogen-bond donors (Lipinski definition) is 2. The summed E-state index contributed by atoms with van der Waals surface area (Å²) in [5.74, 6) is -1.63. The predicted molar refractivity (Wildman–Crippen MR) is 160 cm³/mol. The van der Waals surface area contributed by atoms with E-state index < -0.39 is 47.8 Å². The molecule has 1 aliphatic heterocycles. The lowest BCUT2D eigenvalue weighted by Crippen LogP contribution is -2.34. The highest BCUT2D eigenvalue weighted by atomic mass is 32.2. The largest absolute Gasteiger partial charge is 0.435 e. The highest BCUT2D eigenvalue weighted by molar-refractivity contribution is 7.86. The van der Waals surface area contributed by atoms with Gasteiger partial charge in [-0.15, -0.1) is 5.06 Å². The second-order valence-corrected chi connectivity index (χ2v) is 13.5. The van der Waals surface area contributed by atoms with E-state index in [1.54, 1.807) is 6.07 Å². The second kappa shape index (κ2) is 11.9. The molecule has 2 N–H and O–H groups in total. The SMILES string of the molecule is O=C(CCCCC[n+]1ccc(-c2nc3c(o2)c(S(=O)(=O)O)cc2cc(S(=O)(=O)O)ccc23)c2ccccc21)ON1C(=O)CCC1=O. The van der Waals surface area contributed by atoms with Gasteiger partial charge in [-0.2, -0.15) is 21.4 Å². The monoisotopic (exact) mass is 668 g/mol. The van der Waals surface area contributed by atoms with Crippen molar-refractivity contribution in [2.75, 3.05) is 0 Å². The zero-order chi connectivity index (χ0) is 32.8. The van der Waals surface area contributed by atoms with Gasteiger partial charge < -0.3 is 9.25 Å². The van der Waals surface area contributed by atoms with Crippen LogP contribution in [0.15, 0.2) is 75.0 Å². The van der Waals surface area contributed by atoms with Gasteiger partial charge in [-0.3, -0.25) is 18.7 Å². The van der Waals surface area contributed by atoms with Crippen molar-refractivity contribution in [1.29, 1.82) is 0 Å². The van der Waals surface area contributed by atoms with Crippen molar-refractivity contribution in [2.24, 2.45) is 0 Å². The fourth-order valence-corrected chi connectivity index (χ4v) is 6.59. The molecule has 0 bridgehead atoms. The molecule has 1 saturated heterocycles. The Kier molecular flexibility index (Phi) is 8.05. The van der Waals surface area contributed by atoms with E-state index in [0.717, 1.165) is 29.1 Å². The Hall–Kier alpha value is -4.77. The molecule has 2 aromatic heterocycles. The first kappa shape index (κ1) is 31.2. The number of carbonyl (C=O) groups is 3. The summed E-state index contributed by atoms with van der Waals surface area (Å²) in [4.78, 5) is 43.7. The minimum atomic E-state index is -4.83. The first-order chi connectivity index (χ1) is 21.8. The summed E-state index contributed by atoms with van der Waals surface area (Å²) in [7, 11) is -9.42. The lowest BCUT2D eigenvalue weighted by Gasteiger charge is -2.12. The molecule has 238 valence electrons. The summed E-state index contributed by atoms with van der Waals surface area (Å²) in [6, 6.07) is 13.8. The Bertz CT molecular complexity index is 2280. The smallest absolute Gasteiger partial charge is 0.333 e. The molecule has 14 nitrogen and oxygen atoms in total. The summed E-state index contributed by atoms with van der Waals surface area (Å²) in [6.45, 7) is 0.583. The summed E-state index contributed by atoms with van der Waals surface area (Å²) in [6.07, 6.45) is 3.78. The molecule has 3 aromatic carbocycles. The number of hydrogen-bond acceptors (Lipinski definition) is 10. The molecule has 0 aliphatic carbocycles. The Morgan fingerprint density at radius 2 is 1.65 bits per heavy atom. The minimum Gasteiger partial charge on any atom is -0.435 e. The number of carbonyl (C=O) groups excluding carboxylic acids is 3. The molecule has 0 saturated carbocycles. The third-order valence-corrected chi connectivity index (χ3v) is 9.33. The Morgan fingerprint density at radius 3 is 2.37 bits per heavy atom. The number of hydroxylamine groups is 2. The van der Waals surface area contributed by atoms with Crippen LogP contribution in [0.3, 0.4) is 0 Å². The number of oxazole rings is 1. The molecular weight excluding hydrogens is 642 g/mol. The molecule has 5 aromatic rings. The number of rotatable bonds is 10. The number of pyridine rings is 1. The van der Waals surface area contributed by atoms with Crippen LogP contribution < -0.4 is 4.57 Å². The van der Waals surface area contributed by atoms with E-state index in [1.807, 2.05) is 35.0 Å². The van der Waals surface area contributed by atoms with Gasteiger partial charge in [0, 0.05) is 43.2 Å². The average Bonchev–Trinajstić information content (AvgIpc) is 3.58. The van der Waals surface area contributed by atoms with Crippen molar-refractivity contribution in [2.45, 2.75) is 54.9 Å². The molecule has 0 atom stereocenters. The van der Waals surface area contributed by atoms with Crippen LogP contribution in [0.4, 0.5) is 0 Å². The van der Waals surface area contributed by atoms with Crippen LogP contribution in [0.2, 0.25) is 0 Å². The molecule has 0 spiro atoms. The standard InChI is InChI=1S/C30H25N3O11S2/c34-25-11-12-26(35)33(25)44-27(36)8-2-1-5-14-32-15-13-22(21-6-3-4-7-23(21)32)30-31-28-20-10-9-19(45(37,38)39)16-18(20)17-24(29(28)43-30)46(40,41)42/h3-4,6-7,9-10,13,15-17H,1-2,5,8,11-12,14H2,(H-,37,38,39,40,41,42)/p+1. The molecule has 0 unspecified atom stereocenters. The third-order valence-electron chi connectivity index (χ3n) is 7.63. The van der Waals surface area contributed by atoms with Crippen LogP contribution in [0.1, 0.15) is 38.5 Å². The van der Waals surface area contributed by atoms with Crippen molar-refractivity contribution in [3.8, 4) is 11.5 Å². The van der Waals surface area contributed by atoms with Crippen LogP contribution in [0.5, 0.6) is 0 Å². The highest BCUT2D eigenvalue weighted by Gasteiger charge is 2.32. The second-order valence-electron chi connectivity index (χ2n) is 10.7. The molecule has 6 rings (SSSR count). The van der Waals surface area contributed by atoms with Crippen molar-refractivity contribution < 1.29 is 54.1 Å². The molecular formula is C30H26N3O11S2+. The summed E-state index contributed by atoms with van der Waals surface area (Å²) in [5.41, 5.74) is 1.19. The maximum absolute atomic E-state index is 12.3. The van der Waals surface area contributed by atoms with Gasteiger partial charge in [0.15, 0.2) is 11.8 Å². The first-order valence-electron chi connectivity index (χ1n) is 14.1. The van der Waals surface area contributed by atoms with Gasteiger partial charge in [0.2, 0.25) is 11.4 Å². The fraction of sp³-hybridized carbons (Fsp3) is 0.233. The quantitative estimate of drug-likeness (QED) is 0.0946. The van der Waals surface area contributed by atoms with E-state index in [9.17, 15) is 40.3 Å². The Morgan fingerprint density at radius 1 is 0.913 bits per heavy atom. The normalized spacial score (nSPS) is 14.2. The number of aromatic nitrogens is 2. The lowest BCUT2D eigenvalue weighted by molar-refractivity contribution is -0.671. The van der Waals surface area contributed by atoms with Gasteiger partial charge in [0.05, 0.1) is 15.8 Å². The number of amides is 2. The van der Waals surface area contributed by atoms with E-state index in [-0.39, 0.29) is 41.6 Å². The molecule has 1 fully saturated rings. The fourth-order valence-electron chi connectivity index (χ4n) is 5.42.